The maximum Gasteiger partial charge on any atom is 0.147 e. The molecule has 6 aliphatic rings. The molecule has 4 unspecified atom stereocenters. The summed E-state index contributed by atoms with van der Waals surface area (Å²) in [6.45, 7) is 6.98. The van der Waals surface area contributed by atoms with E-state index in [0.717, 1.165) is 98.4 Å². The van der Waals surface area contributed by atoms with Crippen LogP contribution >= 0.6 is 0 Å². The molecule has 0 spiro atoms. The second-order valence-corrected chi connectivity index (χ2v) is 17.9. The molecule has 1 N–H and O–H groups in total. The number of fused-ring (bicyclic) bond motifs is 7. The van der Waals surface area contributed by atoms with Crippen LogP contribution in [0, 0.1) is 11.8 Å². The highest BCUT2D eigenvalue weighted by molar-refractivity contribution is 6.23. The first-order valence-electron chi connectivity index (χ1n) is 23.4. The number of aryl methyl sites for hydroxylation is 1. The minimum Gasteiger partial charge on any atom is -0.460 e. The van der Waals surface area contributed by atoms with Crippen LogP contribution < -0.4 is 5.32 Å². The van der Waals surface area contributed by atoms with Gasteiger partial charge in [0, 0.05) is 39.6 Å². The number of nitrogens with zero attached hydrogens (tertiary/aromatic N) is 3. The Morgan fingerprint density at radius 2 is 1.76 bits per heavy atom. The first kappa shape index (κ1) is 39.4. The largest absolute Gasteiger partial charge is 0.460 e. The number of para-hydroxylation sites is 1. The molecule has 3 aromatic carbocycles. The van der Waals surface area contributed by atoms with Crippen LogP contribution in [0.3, 0.4) is 0 Å². The Morgan fingerprint density at radius 3 is 2.59 bits per heavy atom. The SMILES string of the molecule is C=C(C1=CC=C(C2=CCCc3oc4ccc5c(c6ccccc6n5C5C=CCCC5)c4c32)C(C2=NC(c3ccccc3)NC(C3=CC=CCC3)=N2)C1)/C(=C\C=C/C)C1CC=CCC1. The van der Waals surface area contributed by atoms with Gasteiger partial charge in [-0.15, -0.1) is 0 Å². The third-order valence-electron chi connectivity index (χ3n) is 14.1. The van der Waals surface area contributed by atoms with E-state index in [1.807, 2.05) is 0 Å². The van der Waals surface area contributed by atoms with Gasteiger partial charge in [-0.3, -0.25) is 0 Å². The quantitative estimate of drug-likeness (QED) is 0.119. The standard InChI is InChI=1S/C58H56N4O/c1-3-4-28-44(39-20-9-5-10-21-39)38(2)42-33-34-45(48(37-42)58-60-56(40-22-11-6-12-23-40)59-57(61-58)41-24-13-7-14-25-41)46-30-19-32-51-54(46)55-52(63-51)36-35-50-53(55)47-29-17-18-31-49(47)62(50)43-26-15-8-16-27-43/h3-7,9,11-13,15,17-18,22-24,26,28-31,33-36,39,43,48,56H,2,8,10,14,16,19-21,25,27,32,37H2,1H3,(H,59,60,61)/b4-3-,44-28+. The zero-order chi connectivity index (χ0) is 42.3. The molecule has 0 amide bonds. The first-order valence-corrected chi connectivity index (χ1v) is 23.4. The Hall–Kier alpha value is -6.46. The van der Waals surface area contributed by atoms with Crippen LogP contribution in [0.5, 0.6) is 0 Å². The van der Waals surface area contributed by atoms with Crippen LogP contribution in [-0.2, 0) is 6.42 Å². The average Bonchev–Trinajstić information content (AvgIpc) is 3.91. The highest BCUT2D eigenvalue weighted by Gasteiger charge is 2.36. The van der Waals surface area contributed by atoms with Crippen LogP contribution in [0.25, 0.3) is 38.3 Å². The number of furan rings is 1. The number of rotatable bonds is 9. The number of allylic oxidation sites excluding steroid dienone is 17. The molecule has 3 heterocycles. The smallest absolute Gasteiger partial charge is 0.147 e. The van der Waals surface area contributed by atoms with Gasteiger partial charge < -0.3 is 14.3 Å². The van der Waals surface area contributed by atoms with Gasteiger partial charge in [0.15, 0.2) is 0 Å². The van der Waals surface area contributed by atoms with Crippen molar-refractivity contribution in [2.75, 3.05) is 0 Å². The number of amidine groups is 2. The molecule has 5 aromatic rings. The van der Waals surface area contributed by atoms with Crippen molar-refractivity contribution >= 4 is 50.0 Å². The number of aliphatic imine (C=N–C) groups is 2. The molecule has 1 aliphatic heterocycles. The molecule has 0 bridgehead atoms. The van der Waals surface area contributed by atoms with Gasteiger partial charge in [-0.1, -0.05) is 134 Å². The van der Waals surface area contributed by atoms with Crippen LogP contribution in [0.4, 0.5) is 0 Å². The fourth-order valence-electron chi connectivity index (χ4n) is 11.0. The average molecular weight is 825 g/mol. The number of benzene rings is 3. The molecule has 0 radical (unpaired) electrons. The fourth-order valence-corrected chi connectivity index (χ4v) is 11.0. The third kappa shape index (κ3) is 7.22. The van der Waals surface area contributed by atoms with E-state index in [0.29, 0.717) is 12.0 Å². The van der Waals surface area contributed by atoms with Crippen molar-refractivity contribution in [2.45, 2.75) is 89.8 Å². The topological polar surface area (TPSA) is 54.8 Å². The van der Waals surface area contributed by atoms with E-state index in [1.54, 1.807) is 0 Å². The summed E-state index contributed by atoms with van der Waals surface area (Å²) in [6.07, 6.45) is 40.9. The van der Waals surface area contributed by atoms with Crippen LogP contribution in [0.1, 0.15) is 100 Å². The Bertz CT molecular complexity index is 3000. The molecular formula is C58H56N4O. The maximum atomic E-state index is 6.95. The third-order valence-corrected chi connectivity index (χ3v) is 14.1. The Balaban J connectivity index is 1.11. The molecule has 4 atom stereocenters. The normalized spacial score (nSPS) is 23.9. The van der Waals surface area contributed by atoms with Crippen molar-refractivity contribution in [1.82, 2.24) is 9.88 Å². The molecule has 2 aromatic heterocycles. The number of hydrogen-bond acceptors (Lipinski definition) is 4. The summed E-state index contributed by atoms with van der Waals surface area (Å²) < 4.78 is 9.54. The van der Waals surface area contributed by atoms with E-state index >= 15 is 0 Å². The van der Waals surface area contributed by atoms with Crippen molar-refractivity contribution in [2.24, 2.45) is 21.8 Å². The van der Waals surface area contributed by atoms with Gasteiger partial charge in [0.05, 0.1) is 11.6 Å². The lowest BCUT2D eigenvalue weighted by Crippen LogP contribution is -2.36. The van der Waals surface area contributed by atoms with E-state index in [4.69, 9.17) is 21.0 Å². The molecule has 63 heavy (non-hydrogen) atoms. The van der Waals surface area contributed by atoms with Gasteiger partial charge >= 0.3 is 0 Å². The van der Waals surface area contributed by atoms with Gasteiger partial charge in [-0.05, 0) is 134 Å². The van der Waals surface area contributed by atoms with E-state index < -0.39 is 0 Å². The molecule has 11 rings (SSSR count). The summed E-state index contributed by atoms with van der Waals surface area (Å²) in [4.78, 5) is 11.1. The summed E-state index contributed by atoms with van der Waals surface area (Å²) in [6, 6.07) is 24.5. The van der Waals surface area contributed by atoms with Crippen molar-refractivity contribution in [1.29, 1.82) is 0 Å². The number of hydrogen-bond donors (Lipinski definition) is 1. The minimum absolute atomic E-state index is 0.117. The van der Waals surface area contributed by atoms with E-state index in [-0.39, 0.29) is 12.1 Å². The van der Waals surface area contributed by atoms with Gasteiger partial charge in [0.2, 0.25) is 0 Å². The molecule has 5 aliphatic carbocycles. The number of aromatic nitrogens is 1. The first-order chi connectivity index (χ1) is 31.1. The van der Waals surface area contributed by atoms with E-state index in [2.05, 4.69) is 163 Å². The summed E-state index contributed by atoms with van der Waals surface area (Å²) in [5.41, 5.74) is 13.3. The molecule has 314 valence electrons. The van der Waals surface area contributed by atoms with E-state index in [9.17, 15) is 0 Å². The summed E-state index contributed by atoms with van der Waals surface area (Å²) in [7, 11) is 0. The highest BCUT2D eigenvalue weighted by Crippen LogP contribution is 2.50. The predicted molar refractivity (Wildman–Crippen MR) is 264 cm³/mol. The molecule has 5 nitrogen and oxygen atoms in total. The lowest BCUT2D eigenvalue weighted by Gasteiger charge is -2.33. The van der Waals surface area contributed by atoms with Crippen molar-refractivity contribution in [3.05, 3.63) is 197 Å². The van der Waals surface area contributed by atoms with Crippen molar-refractivity contribution < 1.29 is 4.42 Å². The minimum atomic E-state index is -0.260. The zero-order valence-corrected chi connectivity index (χ0v) is 36.4. The Kier molecular flexibility index (Phi) is 10.6. The molecule has 0 fully saturated rings. The second-order valence-electron chi connectivity index (χ2n) is 17.9. The lowest BCUT2D eigenvalue weighted by molar-refractivity contribution is 0.541. The molecular weight excluding hydrogens is 769 g/mol. The van der Waals surface area contributed by atoms with E-state index in [1.165, 1.54) is 67.0 Å². The van der Waals surface area contributed by atoms with Crippen molar-refractivity contribution in [3.63, 3.8) is 0 Å². The zero-order valence-electron chi connectivity index (χ0n) is 36.4. The lowest BCUT2D eigenvalue weighted by atomic mass is 9.74. The van der Waals surface area contributed by atoms with Gasteiger partial charge in [0.25, 0.3) is 0 Å². The van der Waals surface area contributed by atoms with Crippen LogP contribution in [0.2, 0.25) is 0 Å². The summed E-state index contributed by atoms with van der Waals surface area (Å²) in [5.74, 6) is 3.18. The second kappa shape index (κ2) is 17.0. The molecule has 0 saturated heterocycles. The van der Waals surface area contributed by atoms with Crippen LogP contribution in [-0.4, -0.2) is 16.2 Å². The number of nitrogens with one attached hydrogen (secondary N) is 1. The summed E-state index contributed by atoms with van der Waals surface area (Å²) >= 11 is 0. The Labute approximate surface area is 371 Å². The van der Waals surface area contributed by atoms with Gasteiger partial charge in [0.1, 0.15) is 29.2 Å². The summed E-state index contributed by atoms with van der Waals surface area (Å²) in [5, 5.41) is 7.57. The monoisotopic (exact) mass is 824 g/mol. The van der Waals surface area contributed by atoms with Gasteiger partial charge in [-0.2, -0.15) is 0 Å². The molecule has 5 heteroatoms. The predicted octanol–water partition coefficient (Wildman–Crippen LogP) is 14.8. The van der Waals surface area contributed by atoms with Crippen LogP contribution in [0.15, 0.2) is 195 Å². The maximum absolute atomic E-state index is 6.95. The molecule has 0 saturated carbocycles. The Morgan fingerprint density at radius 1 is 0.857 bits per heavy atom. The van der Waals surface area contributed by atoms with Gasteiger partial charge in [-0.25, -0.2) is 9.98 Å². The highest BCUT2D eigenvalue weighted by atomic mass is 16.3. The fraction of sp³-hybridized carbons (Fsp3) is 0.276. The van der Waals surface area contributed by atoms with Crippen molar-refractivity contribution in [3.8, 4) is 0 Å².